The van der Waals surface area contributed by atoms with Crippen molar-refractivity contribution in [3.8, 4) is 11.8 Å². The molecule has 102 valence electrons. The molecule has 0 unspecified atom stereocenters. The summed E-state index contributed by atoms with van der Waals surface area (Å²) in [5.74, 6) is -0.970. The van der Waals surface area contributed by atoms with Crippen LogP contribution in [-0.2, 0) is 0 Å². The fourth-order valence-corrected chi connectivity index (χ4v) is 2.61. The molecule has 0 fully saturated rings. The van der Waals surface area contributed by atoms with Gasteiger partial charge in [0.25, 0.3) is 0 Å². The number of nitriles is 1. The second-order valence-electron chi connectivity index (χ2n) is 4.82. The Morgan fingerprint density at radius 3 is 2.67 bits per heavy atom. The molecule has 3 aromatic rings. The zero-order valence-corrected chi connectivity index (χ0v) is 11.4. The van der Waals surface area contributed by atoms with E-state index in [2.05, 4.69) is 6.07 Å². The van der Waals surface area contributed by atoms with Gasteiger partial charge in [0.1, 0.15) is 6.07 Å². The lowest BCUT2D eigenvalue weighted by Crippen LogP contribution is -1.97. The van der Waals surface area contributed by atoms with Crippen molar-refractivity contribution < 1.29 is 9.90 Å². The zero-order chi connectivity index (χ0) is 15.0. The van der Waals surface area contributed by atoms with Crippen molar-refractivity contribution in [1.82, 2.24) is 4.57 Å². The molecule has 2 aromatic carbocycles. The van der Waals surface area contributed by atoms with Crippen LogP contribution in [0.25, 0.3) is 16.6 Å². The van der Waals surface area contributed by atoms with E-state index in [0.717, 1.165) is 11.1 Å². The molecule has 0 aliphatic rings. The summed E-state index contributed by atoms with van der Waals surface area (Å²) < 4.78 is 1.77. The van der Waals surface area contributed by atoms with Crippen molar-refractivity contribution in [2.24, 2.45) is 0 Å². The lowest BCUT2D eigenvalue weighted by Gasteiger charge is -2.07. The van der Waals surface area contributed by atoms with Crippen LogP contribution in [0.1, 0.15) is 21.5 Å². The molecule has 1 aromatic heterocycles. The molecule has 0 aliphatic carbocycles. The molecule has 0 bridgehead atoms. The zero-order valence-electron chi connectivity index (χ0n) is 11.4. The minimum Gasteiger partial charge on any atom is -0.478 e. The van der Waals surface area contributed by atoms with E-state index in [-0.39, 0.29) is 5.56 Å². The predicted octanol–water partition coefficient (Wildman–Crippen LogP) is 3.51. The summed E-state index contributed by atoms with van der Waals surface area (Å²) in [6.07, 6.45) is 1.58. The Balaban J connectivity index is 2.42. The first-order valence-electron chi connectivity index (χ1n) is 6.47. The number of fused-ring (bicyclic) bond motifs is 1. The first-order chi connectivity index (χ1) is 10.1. The van der Waals surface area contributed by atoms with Crippen molar-refractivity contribution in [3.05, 3.63) is 65.4 Å². The van der Waals surface area contributed by atoms with Crippen molar-refractivity contribution in [3.63, 3.8) is 0 Å². The van der Waals surface area contributed by atoms with E-state index in [1.165, 1.54) is 0 Å². The molecule has 0 radical (unpaired) electrons. The van der Waals surface area contributed by atoms with Crippen LogP contribution in [0.3, 0.4) is 0 Å². The van der Waals surface area contributed by atoms with Crippen LogP contribution in [-0.4, -0.2) is 15.6 Å². The number of hydrogen-bond acceptors (Lipinski definition) is 2. The average molecular weight is 276 g/mol. The third-order valence-electron chi connectivity index (χ3n) is 3.55. The van der Waals surface area contributed by atoms with Gasteiger partial charge in [-0.15, -0.1) is 0 Å². The molecule has 4 heteroatoms. The molecule has 0 spiro atoms. The fraction of sp³-hybridized carbons (Fsp3) is 0.0588. The molecule has 0 saturated carbocycles. The molecule has 1 N–H and O–H groups in total. The molecule has 0 atom stereocenters. The van der Waals surface area contributed by atoms with Crippen LogP contribution in [0, 0.1) is 18.3 Å². The van der Waals surface area contributed by atoms with Gasteiger partial charge in [-0.25, -0.2) is 4.79 Å². The summed E-state index contributed by atoms with van der Waals surface area (Å²) in [6.45, 7) is 1.88. The Labute approximate surface area is 121 Å². The third kappa shape index (κ3) is 1.96. The Bertz CT molecular complexity index is 901. The number of hydrogen-bond donors (Lipinski definition) is 1. The number of aromatic nitrogens is 1. The number of nitrogens with zero attached hydrogens (tertiary/aromatic N) is 2. The molecular formula is C17H12N2O2. The number of carboxylic acids is 1. The SMILES string of the molecule is Cc1cccc2c1c(C(=O)O)cn2-c1ccccc1C#N. The Hall–Kier alpha value is -3.06. The highest BCUT2D eigenvalue weighted by Gasteiger charge is 2.17. The Kier molecular flexibility index (Phi) is 2.96. The highest BCUT2D eigenvalue weighted by Crippen LogP contribution is 2.28. The summed E-state index contributed by atoms with van der Waals surface area (Å²) in [6, 6.07) is 14.9. The van der Waals surface area contributed by atoms with Crippen LogP contribution in [0.5, 0.6) is 0 Å². The van der Waals surface area contributed by atoms with Crippen LogP contribution in [0.2, 0.25) is 0 Å². The van der Waals surface area contributed by atoms with Crippen LogP contribution >= 0.6 is 0 Å². The van der Waals surface area contributed by atoms with E-state index < -0.39 is 5.97 Å². The van der Waals surface area contributed by atoms with Crippen molar-refractivity contribution >= 4 is 16.9 Å². The van der Waals surface area contributed by atoms with Gasteiger partial charge in [0.15, 0.2) is 0 Å². The van der Waals surface area contributed by atoms with E-state index in [1.807, 2.05) is 37.3 Å². The van der Waals surface area contributed by atoms with Crippen molar-refractivity contribution in [1.29, 1.82) is 5.26 Å². The predicted molar refractivity (Wildman–Crippen MR) is 79.7 cm³/mol. The quantitative estimate of drug-likeness (QED) is 0.778. The number of para-hydroxylation sites is 1. The lowest BCUT2D eigenvalue weighted by molar-refractivity contribution is 0.0699. The third-order valence-corrected chi connectivity index (χ3v) is 3.55. The number of benzene rings is 2. The lowest BCUT2D eigenvalue weighted by atomic mass is 10.1. The highest BCUT2D eigenvalue weighted by molar-refractivity contribution is 6.05. The van der Waals surface area contributed by atoms with Gasteiger partial charge >= 0.3 is 5.97 Å². The first kappa shape index (κ1) is 12.9. The molecule has 0 saturated heterocycles. The summed E-state index contributed by atoms with van der Waals surface area (Å²) in [5.41, 5.74) is 3.12. The Morgan fingerprint density at radius 2 is 1.95 bits per heavy atom. The molecule has 21 heavy (non-hydrogen) atoms. The average Bonchev–Trinajstić information content (AvgIpc) is 2.88. The topological polar surface area (TPSA) is 66.0 Å². The maximum absolute atomic E-state index is 11.5. The van der Waals surface area contributed by atoms with E-state index in [0.29, 0.717) is 16.6 Å². The van der Waals surface area contributed by atoms with Crippen molar-refractivity contribution in [2.45, 2.75) is 6.92 Å². The smallest absolute Gasteiger partial charge is 0.337 e. The molecule has 3 rings (SSSR count). The summed E-state index contributed by atoms with van der Waals surface area (Å²) >= 11 is 0. The van der Waals surface area contributed by atoms with Gasteiger partial charge in [-0.05, 0) is 30.7 Å². The minimum atomic E-state index is -0.970. The molecular weight excluding hydrogens is 264 g/mol. The maximum atomic E-state index is 11.5. The van der Waals surface area contributed by atoms with Crippen LogP contribution < -0.4 is 0 Å². The normalized spacial score (nSPS) is 10.5. The van der Waals surface area contributed by atoms with E-state index in [1.54, 1.807) is 22.9 Å². The highest BCUT2D eigenvalue weighted by atomic mass is 16.4. The second-order valence-corrected chi connectivity index (χ2v) is 4.82. The summed E-state index contributed by atoms with van der Waals surface area (Å²) in [5, 5.41) is 19.4. The molecule has 0 aliphatic heterocycles. The number of aromatic carboxylic acids is 1. The maximum Gasteiger partial charge on any atom is 0.337 e. The van der Waals surface area contributed by atoms with Gasteiger partial charge in [-0.1, -0.05) is 24.3 Å². The van der Waals surface area contributed by atoms with E-state index in [4.69, 9.17) is 0 Å². The second kappa shape index (κ2) is 4.80. The summed E-state index contributed by atoms with van der Waals surface area (Å²) in [7, 11) is 0. The standard InChI is InChI=1S/C17H12N2O2/c1-11-5-4-8-15-16(11)13(17(20)21)10-19(15)14-7-3-2-6-12(14)9-18/h2-8,10H,1H3,(H,20,21). The van der Waals surface area contributed by atoms with Crippen LogP contribution in [0.4, 0.5) is 0 Å². The van der Waals surface area contributed by atoms with E-state index >= 15 is 0 Å². The van der Waals surface area contributed by atoms with Gasteiger partial charge in [-0.3, -0.25) is 0 Å². The number of carboxylic acid groups (broad SMARTS) is 1. The Morgan fingerprint density at radius 1 is 1.19 bits per heavy atom. The van der Waals surface area contributed by atoms with Gasteiger partial charge < -0.3 is 9.67 Å². The molecule has 1 heterocycles. The fourth-order valence-electron chi connectivity index (χ4n) is 2.61. The van der Waals surface area contributed by atoms with E-state index in [9.17, 15) is 15.2 Å². The largest absolute Gasteiger partial charge is 0.478 e. The van der Waals surface area contributed by atoms with Gasteiger partial charge in [0.05, 0.1) is 22.3 Å². The van der Waals surface area contributed by atoms with Crippen molar-refractivity contribution in [2.75, 3.05) is 0 Å². The number of rotatable bonds is 2. The van der Waals surface area contributed by atoms with Crippen LogP contribution in [0.15, 0.2) is 48.7 Å². The number of aryl methyl sites for hydroxylation is 1. The van der Waals surface area contributed by atoms with Gasteiger partial charge in [-0.2, -0.15) is 5.26 Å². The van der Waals surface area contributed by atoms with Gasteiger partial charge in [0, 0.05) is 11.6 Å². The summed E-state index contributed by atoms with van der Waals surface area (Å²) in [4.78, 5) is 11.5. The monoisotopic (exact) mass is 276 g/mol. The number of carbonyl (C=O) groups is 1. The minimum absolute atomic E-state index is 0.246. The first-order valence-corrected chi connectivity index (χ1v) is 6.47. The molecule has 0 amide bonds. The molecule has 4 nitrogen and oxygen atoms in total. The van der Waals surface area contributed by atoms with Gasteiger partial charge in [0.2, 0.25) is 0 Å².